The summed E-state index contributed by atoms with van der Waals surface area (Å²) in [6.45, 7) is 0. The molecule has 3 aromatic rings. The Morgan fingerprint density at radius 2 is 1.66 bits per heavy atom. The van der Waals surface area contributed by atoms with E-state index in [0.717, 1.165) is 10.5 Å². The number of rotatable bonds is 7. The lowest BCUT2D eigenvalue weighted by Gasteiger charge is -2.13. The average Bonchev–Trinajstić information content (AvgIpc) is 2.74. The molecule has 0 aliphatic carbocycles. The first-order chi connectivity index (χ1) is 13.9. The van der Waals surface area contributed by atoms with Crippen LogP contribution in [0.15, 0.2) is 81.4 Å². The van der Waals surface area contributed by atoms with Gasteiger partial charge in [0.15, 0.2) is 11.0 Å². The number of benzene rings is 3. The first-order valence-corrected chi connectivity index (χ1v) is 12.6. The summed E-state index contributed by atoms with van der Waals surface area (Å²) in [5, 5.41) is 8.54. The van der Waals surface area contributed by atoms with Crippen molar-refractivity contribution >= 4 is 50.6 Å². The van der Waals surface area contributed by atoms with Gasteiger partial charge in [0.1, 0.15) is 0 Å². The highest BCUT2D eigenvalue weighted by Crippen LogP contribution is 2.25. The predicted molar refractivity (Wildman–Crippen MR) is 124 cm³/mol. The van der Waals surface area contributed by atoms with E-state index in [1.807, 2.05) is 30.5 Å². The standard InChI is InChI=1S/C21H21N3O2S3/c1-27-16-10-7-14(8-11-16)21(23)17-13-15(9-12-18(17)22)24-29(26)20-6-4-3-5-19(20)28(2)25/h3-13,23-24H,22H2,1-2H3. The van der Waals surface area contributed by atoms with Crippen molar-refractivity contribution in [3.63, 3.8) is 0 Å². The minimum atomic E-state index is -1.60. The molecule has 2 atom stereocenters. The number of hydrogen-bond acceptors (Lipinski definition) is 5. The summed E-state index contributed by atoms with van der Waals surface area (Å²) >= 11 is 1.64. The number of nitrogens with one attached hydrogen (secondary N) is 2. The van der Waals surface area contributed by atoms with Crippen molar-refractivity contribution in [2.24, 2.45) is 0 Å². The van der Waals surface area contributed by atoms with Gasteiger partial charge in [-0.25, -0.2) is 4.21 Å². The number of nitrogens with two attached hydrogens (primary N) is 1. The Labute approximate surface area is 179 Å². The number of hydrogen-bond donors (Lipinski definition) is 3. The van der Waals surface area contributed by atoms with Gasteiger partial charge in [0, 0.05) is 33.7 Å². The van der Waals surface area contributed by atoms with E-state index in [9.17, 15) is 8.42 Å². The van der Waals surface area contributed by atoms with Crippen molar-refractivity contribution in [3.05, 3.63) is 77.9 Å². The maximum atomic E-state index is 12.8. The predicted octanol–water partition coefficient (Wildman–Crippen LogP) is 4.28. The van der Waals surface area contributed by atoms with Crippen LogP contribution in [0.3, 0.4) is 0 Å². The lowest BCUT2D eigenvalue weighted by molar-refractivity contribution is 0.678. The summed E-state index contributed by atoms with van der Waals surface area (Å²) in [5.41, 5.74) is 8.73. The molecular formula is C21H21N3O2S3. The molecule has 8 heteroatoms. The Morgan fingerprint density at radius 1 is 1.00 bits per heavy atom. The molecule has 0 aliphatic rings. The zero-order valence-electron chi connectivity index (χ0n) is 16.0. The van der Waals surface area contributed by atoms with Crippen LogP contribution >= 0.6 is 11.8 Å². The summed E-state index contributed by atoms with van der Waals surface area (Å²) < 4.78 is 27.7. The molecule has 3 aromatic carbocycles. The summed E-state index contributed by atoms with van der Waals surface area (Å²) in [6.07, 6.45) is 3.56. The Morgan fingerprint density at radius 3 is 2.28 bits per heavy atom. The molecule has 0 aliphatic heterocycles. The van der Waals surface area contributed by atoms with Gasteiger partial charge >= 0.3 is 0 Å². The Balaban J connectivity index is 1.88. The molecule has 150 valence electrons. The van der Waals surface area contributed by atoms with E-state index in [2.05, 4.69) is 4.72 Å². The maximum Gasteiger partial charge on any atom is 0.151 e. The smallest absolute Gasteiger partial charge is 0.151 e. The Hall–Kier alpha value is -2.42. The molecule has 0 radical (unpaired) electrons. The second kappa shape index (κ2) is 9.39. The molecule has 0 saturated heterocycles. The van der Waals surface area contributed by atoms with Gasteiger partial charge in [-0.3, -0.25) is 9.62 Å². The van der Waals surface area contributed by atoms with E-state index in [1.54, 1.807) is 60.5 Å². The lowest BCUT2D eigenvalue weighted by atomic mass is 10.0. The fourth-order valence-electron chi connectivity index (χ4n) is 2.75. The van der Waals surface area contributed by atoms with Crippen LogP contribution in [-0.2, 0) is 21.8 Å². The molecule has 4 N–H and O–H groups in total. The normalized spacial score (nSPS) is 12.9. The summed E-state index contributed by atoms with van der Waals surface area (Å²) in [5.74, 6) is 0. The first-order valence-electron chi connectivity index (χ1n) is 8.64. The van der Waals surface area contributed by atoms with Crippen LogP contribution in [0.1, 0.15) is 11.1 Å². The second-order valence-corrected chi connectivity index (χ2v) is 9.59. The molecule has 2 unspecified atom stereocenters. The van der Waals surface area contributed by atoms with Gasteiger partial charge in [-0.1, -0.05) is 24.3 Å². The fourth-order valence-corrected chi connectivity index (χ4v) is 5.27. The minimum absolute atomic E-state index is 0.291. The third-order valence-corrected chi connectivity index (χ3v) is 7.30. The van der Waals surface area contributed by atoms with E-state index in [4.69, 9.17) is 11.1 Å². The van der Waals surface area contributed by atoms with E-state index in [1.165, 1.54) is 0 Å². The van der Waals surface area contributed by atoms with Gasteiger partial charge < -0.3 is 10.5 Å². The zero-order valence-corrected chi connectivity index (χ0v) is 18.4. The van der Waals surface area contributed by atoms with Gasteiger partial charge in [-0.2, -0.15) is 0 Å². The molecule has 0 heterocycles. The molecule has 5 nitrogen and oxygen atoms in total. The quantitative estimate of drug-likeness (QED) is 0.288. The average molecular weight is 444 g/mol. The molecule has 0 fully saturated rings. The van der Waals surface area contributed by atoms with Gasteiger partial charge in [0.25, 0.3) is 0 Å². The molecule has 0 spiro atoms. The van der Waals surface area contributed by atoms with Crippen LogP contribution in [-0.4, -0.2) is 26.6 Å². The number of nitrogen functional groups attached to an aromatic ring is 1. The third-order valence-electron chi connectivity index (χ3n) is 4.27. The lowest BCUT2D eigenvalue weighted by Crippen LogP contribution is -2.10. The summed E-state index contributed by atoms with van der Waals surface area (Å²) in [7, 11) is -2.85. The van der Waals surface area contributed by atoms with Crippen molar-refractivity contribution in [2.75, 3.05) is 23.0 Å². The highest BCUT2D eigenvalue weighted by molar-refractivity contribution is 7.98. The van der Waals surface area contributed by atoms with Crippen molar-refractivity contribution in [1.82, 2.24) is 0 Å². The zero-order chi connectivity index (χ0) is 21.0. The highest BCUT2D eigenvalue weighted by atomic mass is 32.2. The molecule has 29 heavy (non-hydrogen) atoms. The largest absolute Gasteiger partial charge is 0.398 e. The SMILES string of the molecule is CSc1ccc(C(=N)c2cc(NS(=O)c3ccccc3S(C)=O)ccc2N)cc1. The van der Waals surface area contributed by atoms with E-state index < -0.39 is 21.8 Å². The van der Waals surface area contributed by atoms with Crippen molar-refractivity contribution in [2.45, 2.75) is 14.7 Å². The van der Waals surface area contributed by atoms with E-state index in [-0.39, 0.29) is 0 Å². The van der Waals surface area contributed by atoms with Crippen LogP contribution in [0.2, 0.25) is 0 Å². The van der Waals surface area contributed by atoms with Crippen molar-refractivity contribution < 1.29 is 8.42 Å². The molecule has 0 amide bonds. The van der Waals surface area contributed by atoms with Gasteiger partial charge in [-0.15, -0.1) is 11.8 Å². The maximum absolute atomic E-state index is 12.8. The van der Waals surface area contributed by atoms with Gasteiger partial charge in [0.2, 0.25) is 0 Å². The molecular weight excluding hydrogens is 422 g/mol. The third kappa shape index (κ3) is 4.95. The minimum Gasteiger partial charge on any atom is -0.398 e. The van der Waals surface area contributed by atoms with Crippen molar-refractivity contribution in [1.29, 1.82) is 5.41 Å². The number of thioether (sulfide) groups is 1. The summed E-state index contributed by atoms with van der Waals surface area (Å²) in [6, 6.07) is 19.7. The highest BCUT2D eigenvalue weighted by Gasteiger charge is 2.14. The van der Waals surface area contributed by atoms with Gasteiger partial charge in [-0.05, 0) is 48.7 Å². The van der Waals surface area contributed by atoms with Crippen molar-refractivity contribution in [3.8, 4) is 0 Å². The van der Waals surface area contributed by atoms with Crippen LogP contribution in [0.25, 0.3) is 0 Å². The molecule has 0 bridgehead atoms. The van der Waals surface area contributed by atoms with Crippen LogP contribution in [0.4, 0.5) is 11.4 Å². The fraction of sp³-hybridized carbons (Fsp3) is 0.0952. The topological polar surface area (TPSA) is 96.0 Å². The molecule has 0 aromatic heterocycles. The Kier molecular flexibility index (Phi) is 6.89. The monoisotopic (exact) mass is 443 g/mol. The second-order valence-electron chi connectivity index (χ2n) is 6.18. The molecule has 3 rings (SSSR count). The number of anilines is 2. The van der Waals surface area contributed by atoms with Crippen LogP contribution in [0, 0.1) is 5.41 Å². The first kappa shape index (κ1) is 21.3. The summed E-state index contributed by atoms with van der Waals surface area (Å²) in [4.78, 5) is 2.11. The van der Waals surface area contributed by atoms with E-state index in [0.29, 0.717) is 32.4 Å². The van der Waals surface area contributed by atoms with E-state index >= 15 is 0 Å². The Bertz CT molecular complexity index is 1100. The van der Waals surface area contributed by atoms with Gasteiger partial charge in [0.05, 0.1) is 26.3 Å². The van der Waals surface area contributed by atoms with Crippen LogP contribution < -0.4 is 10.5 Å². The molecule has 0 saturated carbocycles. The van der Waals surface area contributed by atoms with Crippen LogP contribution in [0.5, 0.6) is 0 Å².